The van der Waals surface area contributed by atoms with E-state index in [0.717, 1.165) is 22.6 Å². The lowest BCUT2D eigenvalue weighted by Gasteiger charge is -2.10. The van der Waals surface area contributed by atoms with Gasteiger partial charge in [0.2, 0.25) is 0 Å². The highest BCUT2D eigenvalue weighted by molar-refractivity contribution is 6.02. The number of amides is 1. The van der Waals surface area contributed by atoms with E-state index in [9.17, 15) is 4.79 Å². The van der Waals surface area contributed by atoms with Crippen LogP contribution in [0.25, 0.3) is 0 Å². The van der Waals surface area contributed by atoms with Crippen LogP contribution in [0.15, 0.2) is 59.0 Å². The van der Waals surface area contributed by atoms with Crippen LogP contribution in [0.4, 0.5) is 5.69 Å². The van der Waals surface area contributed by atoms with E-state index in [-0.39, 0.29) is 18.3 Å². The molecule has 0 saturated carbocycles. The second-order valence-corrected chi connectivity index (χ2v) is 6.19. The zero-order valence-corrected chi connectivity index (χ0v) is 15.7. The van der Waals surface area contributed by atoms with Crippen molar-refractivity contribution in [1.82, 2.24) is 0 Å². The molecule has 140 valence electrons. The average molecular weight is 365 g/mol. The van der Waals surface area contributed by atoms with Crippen LogP contribution in [0, 0.1) is 13.8 Å². The number of nitrogens with one attached hydrogen (secondary N) is 1. The Bertz CT molecular complexity index is 892. The van der Waals surface area contributed by atoms with Gasteiger partial charge in [0.25, 0.3) is 5.91 Å². The van der Waals surface area contributed by atoms with Crippen LogP contribution >= 0.6 is 0 Å². The molecule has 27 heavy (non-hydrogen) atoms. The molecule has 1 aromatic heterocycles. The normalized spacial score (nSPS) is 10.5. The molecule has 5 nitrogen and oxygen atoms in total. The summed E-state index contributed by atoms with van der Waals surface area (Å²) in [6.07, 6.45) is 0. The summed E-state index contributed by atoms with van der Waals surface area (Å²) < 4.78 is 16.9. The van der Waals surface area contributed by atoms with Gasteiger partial charge in [0, 0.05) is 5.69 Å². The monoisotopic (exact) mass is 365 g/mol. The van der Waals surface area contributed by atoms with Crippen molar-refractivity contribution < 1.29 is 18.7 Å². The zero-order valence-electron chi connectivity index (χ0n) is 15.7. The Hall–Kier alpha value is -3.21. The Morgan fingerprint density at radius 2 is 1.67 bits per heavy atom. The van der Waals surface area contributed by atoms with E-state index in [0.29, 0.717) is 18.1 Å². The molecule has 3 aromatic rings. The summed E-state index contributed by atoms with van der Waals surface area (Å²) in [5.41, 5.74) is 2.80. The van der Waals surface area contributed by atoms with Gasteiger partial charge < -0.3 is 19.2 Å². The first-order chi connectivity index (χ1) is 13.1. The lowest BCUT2D eigenvalue weighted by atomic mass is 10.1. The van der Waals surface area contributed by atoms with Crippen LogP contribution in [0.2, 0.25) is 0 Å². The van der Waals surface area contributed by atoms with E-state index in [1.54, 1.807) is 24.3 Å². The fourth-order valence-corrected chi connectivity index (χ4v) is 2.74. The second-order valence-electron chi connectivity index (χ2n) is 6.19. The van der Waals surface area contributed by atoms with Gasteiger partial charge in [-0.2, -0.15) is 0 Å². The maximum atomic E-state index is 12.3. The lowest BCUT2D eigenvalue weighted by molar-refractivity contribution is 0.0992. The molecule has 0 aliphatic rings. The number of anilines is 1. The van der Waals surface area contributed by atoms with Crippen molar-refractivity contribution >= 4 is 11.6 Å². The maximum Gasteiger partial charge on any atom is 0.291 e. The Morgan fingerprint density at radius 1 is 0.963 bits per heavy atom. The molecule has 5 heteroatoms. The van der Waals surface area contributed by atoms with Gasteiger partial charge >= 0.3 is 0 Å². The minimum Gasteiger partial charge on any atom is -0.494 e. The molecule has 0 aliphatic carbocycles. The fourth-order valence-electron chi connectivity index (χ4n) is 2.74. The van der Waals surface area contributed by atoms with Gasteiger partial charge in [-0.3, -0.25) is 4.79 Å². The van der Waals surface area contributed by atoms with E-state index >= 15 is 0 Å². The Balaban J connectivity index is 1.60. The van der Waals surface area contributed by atoms with Gasteiger partial charge in [0.1, 0.15) is 23.9 Å². The third kappa shape index (κ3) is 4.70. The van der Waals surface area contributed by atoms with Gasteiger partial charge in [0.05, 0.1) is 6.61 Å². The number of aryl methyl sites for hydroxylation is 2. The fraction of sp³-hybridized carbons (Fsp3) is 0.227. The van der Waals surface area contributed by atoms with Gasteiger partial charge in [-0.15, -0.1) is 0 Å². The smallest absolute Gasteiger partial charge is 0.291 e. The molecule has 1 heterocycles. The van der Waals surface area contributed by atoms with Crippen molar-refractivity contribution in [3.05, 3.63) is 77.2 Å². The molecule has 0 spiro atoms. The molecule has 1 amide bonds. The topological polar surface area (TPSA) is 60.7 Å². The molecule has 0 aliphatic heterocycles. The predicted molar refractivity (Wildman–Crippen MR) is 105 cm³/mol. The quantitative estimate of drug-likeness (QED) is 0.631. The minimum atomic E-state index is -0.308. The van der Waals surface area contributed by atoms with Gasteiger partial charge in [-0.05, 0) is 68.3 Å². The molecule has 0 atom stereocenters. The van der Waals surface area contributed by atoms with Crippen molar-refractivity contribution in [2.45, 2.75) is 27.4 Å². The molecule has 0 saturated heterocycles. The SMILES string of the molecule is CCOc1ccc(NC(=O)c2ccc(COc3c(C)cccc3C)o2)cc1. The third-order valence-electron chi connectivity index (χ3n) is 4.08. The Morgan fingerprint density at radius 3 is 2.33 bits per heavy atom. The van der Waals surface area contributed by atoms with Crippen molar-refractivity contribution in [2.75, 3.05) is 11.9 Å². The van der Waals surface area contributed by atoms with E-state index in [1.807, 2.05) is 51.1 Å². The van der Waals surface area contributed by atoms with Gasteiger partial charge in [-0.25, -0.2) is 0 Å². The number of furan rings is 1. The number of carbonyl (C=O) groups excluding carboxylic acids is 1. The lowest BCUT2D eigenvalue weighted by Crippen LogP contribution is -2.10. The van der Waals surface area contributed by atoms with Crippen LogP contribution in [0.3, 0.4) is 0 Å². The van der Waals surface area contributed by atoms with Crippen molar-refractivity contribution in [2.24, 2.45) is 0 Å². The number of benzene rings is 2. The first-order valence-corrected chi connectivity index (χ1v) is 8.88. The summed E-state index contributed by atoms with van der Waals surface area (Å²) in [6, 6.07) is 16.6. The molecule has 1 N–H and O–H groups in total. The summed E-state index contributed by atoms with van der Waals surface area (Å²) in [5.74, 6) is 2.13. The zero-order chi connectivity index (χ0) is 19.2. The number of hydrogen-bond acceptors (Lipinski definition) is 4. The van der Waals surface area contributed by atoms with Crippen molar-refractivity contribution in [3.63, 3.8) is 0 Å². The van der Waals surface area contributed by atoms with E-state index in [1.165, 1.54) is 0 Å². The number of rotatable bonds is 7. The Kier molecular flexibility index (Phi) is 5.81. The van der Waals surface area contributed by atoms with Crippen LogP contribution in [0.5, 0.6) is 11.5 Å². The molecular formula is C22H23NO4. The van der Waals surface area contributed by atoms with Crippen LogP contribution in [-0.2, 0) is 6.61 Å². The second kappa shape index (κ2) is 8.45. The summed E-state index contributed by atoms with van der Waals surface area (Å²) in [7, 11) is 0. The highest BCUT2D eigenvalue weighted by atomic mass is 16.5. The average Bonchev–Trinajstić information content (AvgIpc) is 3.12. The molecule has 0 bridgehead atoms. The molecule has 2 aromatic carbocycles. The van der Waals surface area contributed by atoms with Gasteiger partial charge in [0.15, 0.2) is 5.76 Å². The molecule has 0 unspecified atom stereocenters. The standard InChI is InChI=1S/C22H23NO4/c1-4-25-18-10-8-17(9-11-18)23-22(24)20-13-12-19(27-20)14-26-21-15(2)6-5-7-16(21)3/h5-13H,4,14H2,1-3H3,(H,23,24). The van der Waals surface area contributed by atoms with Gasteiger partial charge in [-0.1, -0.05) is 18.2 Å². The third-order valence-corrected chi connectivity index (χ3v) is 4.08. The van der Waals surface area contributed by atoms with E-state index < -0.39 is 0 Å². The van der Waals surface area contributed by atoms with Crippen LogP contribution in [0.1, 0.15) is 34.4 Å². The van der Waals surface area contributed by atoms with E-state index in [4.69, 9.17) is 13.9 Å². The number of para-hydroxylation sites is 1. The molecule has 0 radical (unpaired) electrons. The summed E-state index contributed by atoms with van der Waals surface area (Å²) in [5, 5.41) is 2.80. The van der Waals surface area contributed by atoms with Crippen molar-refractivity contribution in [1.29, 1.82) is 0 Å². The number of hydrogen-bond donors (Lipinski definition) is 1. The molecule has 3 rings (SSSR count). The largest absolute Gasteiger partial charge is 0.494 e. The Labute approximate surface area is 158 Å². The number of carbonyl (C=O) groups is 1. The van der Waals surface area contributed by atoms with Crippen LogP contribution in [-0.4, -0.2) is 12.5 Å². The summed E-state index contributed by atoms with van der Waals surface area (Å²) in [4.78, 5) is 12.3. The first kappa shape index (κ1) is 18.6. The highest BCUT2D eigenvalue weighted by Crippen LogP contribution is 2.24. The van der Waals surface area contributed by atoms with Crippen LogP contribution < -0.4 is 14.8 Å². The molecular weight excluding hydrogens is 342 g/mol. The molecule has 0 fully saturated rings. The first-order valence-electron chi connectivity index (χ1n) is 8.88. The summed E-state index contributed by atoms with van der Waals surface area (Å²) in [6.45, 7) is 6.79. The van der Waals surface area contributed by atoms with Crippen molar-refractivity contribution in [3.8, 4) is 11.5 Å². The maximum absolute atomic E-state index is 12.3. The highest BCUT2D eigenvalue weighted by Gasteiger charge is 2.13. The van der Waals surface area contributed by atoms with E-state index in [2.05, 4.69) is 5.32 Å². The summed E-state index contributed by atoms with van der Waals surface area (Å²) >= 11 is 0. The minimum absolute atomic E-state index is 0.240. The predicted octanol–water partition coefficient (Wildman–Crippen LogP) is 5.13. The number of ether oxygens (including phenoxy) is 2.